The topological polar surface area (TPSA) is 53.3 Å². The molecule has 0 atom stereocenters. The number of hydrogen-bond acceptors (Lipinski definition) is 3. The van der Waals surface area contributed by atoms with E-state index < -0.39 is 0 Å². The zero-order chi connectivity index (χ0) is 8.69. The van der Waals surface area contributed by atoms with Crippen molar-refractivity contribution in [3.8, 4) is 6.26 Å². The van der Waals surface area contributed by atoms with Gasteiger partial charge in [-0.25, -0.2) is 0 Å². The second-order valence-electron chi connectivity index (χ2n) is 2.11. The van der Waals surface area contributed by atoms with Crippen LogP contribution in [0.3, 0.4) is 0 Å². The molecule has 0 saturated heterocycles. The smallest absolute Gasteiger partial charge is 0.286 e. The Labute approximate surface area is 66.4 Å². The summed E-state index contributed by atoms with van der Waals surface area (Å²) in [5, 5.41) is 8.00. The highest BCUT2D eigenvalue weighted by Crippen LogP contribution is 1.88. The summed E-state index contributed by atoms with van der Waals surface area (Å²) >= 11 is 0. The maximum atomic E-state index is 10.9. The minimum atomic E-state index is 0.0616. The molecule has 0 aromatic carbocycles. The quantitative estimate of drug-likeness (QED) is 0.436. The Morgan fingerprint density at radius 2 is 2.36 bits per heavy atom. The Morgan fingerprint density at radius 1 is 1.73 bits per heavy atom. The molecule has 0 aliphatic rings. The molecule has 0 N–H and O–H groups in total. The number of hydrogen-bond donors (Lipinski definition) is 0. The average Bonchev–Trinajstić information content (AvgIpc) is 2.03. The fourth-order valence-electron chi connectivity index (χ4n) is 0.623. The van der Waals surface area contributed by atoms with Crippen LogP contribution >= 0.6 is 0 Å². The van der Waals surface area contributed by atoms with E-state index in [2.05, 4.69) is 4.74 Å². The van der Waals surface area contributed by atoms with Gasteiger partial charge in [0.1, 0.15) is 6.61 Å². The van der Waals surface area contributed by atoms with E-state index >= 15 is 0 Å². The summed E-state index contributed by atoms with van der Waals surface area (Å²) in [5.74, 6) is 0.0616. The van der Waals surface area contributed by atoms with Crippen molar-refractivity contribution >= 4 is 5.91 Å². The SMILES string of the molecule is CCC(=O)N(C)CCOC#N. The first kappa shape index (κ1) is 9.76. The first-order valence-corrected chi connectivity index (χ1v) is 3.47. The maximum absolute atomic E-state index is 10.9. The van der Waals surface area contributed by atoms with Crippen LogP contribution in [0.1, 0.15) is 13.3 Å². The van der Waals surface area contributed by atoms with E-state index in [4.69, 9.17) is 5.26 Å². The number of rotatable bonds is 4. The highest BCUT2D eigenvalue weighted by atomic mass is 16.5. The lowest BCUT2D eigenvalue weighted by Crippen LogP contribution is -2.28. The molecule has 0 saturated carbocycles. The summed E-state index contributed by atoms with van der Waals surface area (Å²) in [6.45, 7) is 2.54. The van der Waals surface area contributed by atoms with Crippen LogP contribution in [0.25, 0.3) is 0 Å². The minimum Gasteiger partial charge on any atom is -0.426 e. The third-order valence-corrected chi connectivity index (χ3v) is 1.32. The van der Waals surface area contributed by atoms with E-state index in [1.807, 2.05) is 0 Å². The molecule has 0 aromatic heterocycles. The van der Waals surface area contributed by atoms with Gasteiger partial charge < -0.3 is 9.64 Å². The molecule has 62 valence electrons. The lowest BCUT2D eigenvalue weighted by Gasteiger charge is -2.14. The van der Waals surface area contributed by atoms with Gasteiger partial charge in [-0.3, -0.25) is 4.79 Å². The zero-order valence-corrected chi connectivity index (χ0v) is 6.83. The van der Waals surface area contributed by atoms with Gasteiger partial charge in [-0.15, -0.1) is 0 Å². The van der Waals surface area contributed by atoms with Crippen molar-refractivity contribution in [1.82, 2.24) is 4.90 Å². The summed E-state index contributed by atoms with van der Waals surface area (Å²) in [6, 6.07) is 0. The molecule has 0 bridgehead atoms. The molecular formula is C7H12N2O2. The molecule has 0 unspecified atom stereocenters. The van der Waals surface area contributed by atoms with Crippen molar-refractivity contribution < 1.29 is 9.53 Å². The monoisotopic (exact) mass is 156 g/mol. The van der Waals surface area contributed by atoms with E-state index in [1.165, 1.54) is 4.90 Å². The fraction of sp³-hybridized carbons (Fsp3) is 0.714. The van der Waals surface area contributed by atoms with Gasteiger partial charge in [0.2, 0.25) is 5.91 Å². The molecular weight excluding hydrogens is 144 g/mol. The van der Waals surface area contributed by atoms with Crippen LogP contribution in [0.5, 0.6) is 0 Å². The van der Waals surface area contributed by atoms with Crippen molar-refractivity contribution in [2.45, 2.75) is 13.3 Å². The molecule has 11 heavy (non-hydrogen) atoms. The van der Waals surface area contributed by atoms with E-state index in [1.54, 1.807) is 20.2 Å². The number of amides is 1. The molecule has 0 radical (unpaired) electrons. The van der Waals surface area contributed by atoms with Gasteiger partial charge in [0.25, 0.3) is 6.26 Å². The van der Waals surface area contributed by atoms with Crippen LogP contribution in [0.2, 0.25) is 0 Å². The van der Waals surface area contributed by atoms with Gasteiger partial charge in [0.15, 0.2) is 0 Å². The van der Waals surface area contributed by atoms with Gasteiger partial charge in [0, 0.05) is 13.5 Å². The molecule has 1 amide bonds. The van der Waals surface area contributed by atoms with Gasteiger partial charge in [0.05, 0.1) is 6.54 Å². The largest absolute Gasteiger partial charge is 0.426 e. The lowest BCUT2D eigenvalue weighted by atomic mass is 10.4. The first-order chi connectivity index (χ1) is 5.22. The van der Waals surface area contributed by atoms with Crippen LogP contribution in [-0.4, -0.2) is 31.0 Å². The average molecular weight is 156 g/mol. The molecule has 0 heterocycles. The van der Waals surface area contributed by atoms with Gasteiger partial charge in [-0.2, -0.15) is 5.26 Å². The third kappa shape index (κ3) is 4.20. The molecule has 0 fully saturated rings. The van der Waals surface area contributed by atoms with Crippen LogP contribution in [0, 0.1) is 11.5 Å². The number of nitrogens with zero attached hydrogens (tertiary/aromatic N) is 2. The Bertz CT molecular complexity index is 162. The first-order valence-electron chi connectivity index (χ1n) is 3.47. The number of likely N-dealkylation sites (N-methyl/N-ethyl adjacent to an activating group) is 1. The standard InChI is InChI=1S/C7H12N2O2/c1-3-7(10)9(2)4-5-11-6-8/h3-5H2,1-2H3. The minimum absolute atomic E-state index is 0.0616. The molecule has 0 rings (SSSR count). The van der Waals surface area contributed by atoms with Crippen LogP contribution in [-0.2, 0) is 9.53 Å². The predicted molar refractivity (Wildman–Crippen MR) is 39.5 cm³/mol. The van der Waals surface area contributed by atoms with Gasteiger partial charge in [-0.05, 0) is 0 Å². The fourth-order valence-corrected chi connectivity index (χ4v) is 0.623. The molecule has 0 aromatic rings. The number of carbonyl (C=O) groups is 1. The summed E-state index contributed by atoms with van der Waals surface area (Å²) < 4.78 is 4.41. The molecule has 0 spiro atoms. The molecule has 0 aliphatic carbocycles. The summed E-state index contributed by atoms with van der Waals surface area (Å²) in [7, 11) is 1.69. The summed E-state index contributed by atoms with van der Waals surface area (Å²) in [5.41, 5.74) is 0. The summed E-state index contributed by atoms with van der Waals surface area (Å²) in [4.78, 5) is 12.4. The predicted octanol–water partition coefficient (Wildman–Crippen LogP) is 0.352. The van der Waals surface area contributed by atoms with Crippen LogP contribution in [0.4, 0.5) is 0 Å². The lowest BCUT2D eigenvalue weighted by molar-refractivity contribution is -0.129. The Hall–Kier alpha value is -1.24. The second-order valence-corrected chi connectivity index (χ2v) is 2.11. The van der Waals surface area contributed by atoms with Crippen molar-refractivity contribution in [2.24, 2.45) is 0 Å². The zero-order valence-electron chi connectivity index (χ0n) is 6.83. The van der Waals surface area contributed by atoms with E-state index in [0.29, 0.717) is 13.0 Å². The Balaban J connectivity index is 3.45. The van der Waals surface area contributed by atoms with Crippen LogP contribution < -0.4 is 0 Å². The van der Waals surface area contributed by atoms with Crippen molar-refractivity contribution in [1.29, 1.82) is 5.26 Å². The third-order valence-electron chi connectivity index (χ3n) is 1.32. The van der Waals surface area contributed by atoms with Gasteiger partial charge >= 0.3 is 0 Å². The highest BCUT2D eigenvalue weighted by Gasteiger charge is 2.03. The molecule has 4 heteroatoms. The van der Waals surface area contributed by atoms with Crippen molar-refractivity contribution in [2.75, 3.05) is 20.2 Å². The van der Waals surface area contributed by atoms with Crippen LogP contribution in [0.15, 0.2) is 0 Å². The van der Waals surface area contributed by atoms with Crippen molar-refractivity contribution in [3.05, 3.63) is 0 Å². The normalized spacial score (nSPS) is 8.45. The second kappa shape index (κ2) is 5.54. The number of nitriles is 1. The van der Waals surface area contributed by atoms with E-state index in [-0.39, 0.29) is 12.5 Å². The summed E-state index contributed by atoms with van der Waals surface area (Å²) in [6.07, 6.45) is 2.03. The highest BCUT2D eigenvalue weighted by molar-refractivity contribution is 5.75. The molecule has 0 aliphatic heterocycles. The Kier molecular flexibility index (Phi) is 4.91. The maximum Gasteiger partial charge on any atom is 0.286 e. The van der Waals surface area contributed by atoms with Gasteiger partial charge in [-0.1, -0.05) is 6.92 Å². The van der Waals surface area contributed by atoms with E-state index in [9.17, 15) is 4.79 Å². The van der Waals surface area contributed by atoms with Crippen molar-refractivity contribution in [3.63, 3.8) is 0 Å². The number of ether oxygens (including phenoxy) is 1. The van der Waals surface area contributed by atoms with E-state index in [0.717, 1.165) is 0 Å². The Morgan fingerprint density at radius 3 is 2.82 bits per heavy atom. The molecule has 4 nitrogen and oxygen atoms in total. The number of carbonyl (C=O) groups excluding carboxylic acids is 1.